The Balaban J connectivity index is 0.00000162. The first-order valence-corrected chi connectivity index (χ1v) is 5.92. The number of rotatable bonds is 3. The van der Waals surface area contributed by atoms with Gasteiger partial charge in [-0.05, 0) is 25.0 Å². The molecule has 1 aromatic heterocycles. The summed E-state index contributed by atoms with van der Waals surface area (Å²) >= 11 is 0. The fourth-order valence-electron chi connectivity index (χ4n) is 1.95. The summed E-state index contributed by atoms with van der Waals surface area (Å²) in [5, 5.41) is 2.85. The predicted molar refractivity (Wildman–Crippen MR) is 81.0 cm³/mol. The van der Waals surface area contributed by atoms with Crippen molar-refractivity contribution >= 4 is 36.4 Å². The first kappa shape index (κ1) is 18.1. The number of halogens is 2. The molecule has 0 atom stereocenters. The van der Waals surface area contributed by atoms with E-state index in [4.69, 9.17) is 5.73 Å². The maximum Gasteiger partial charge on any atom is 0.238 e. The van der Waals surface area contributed by atoms with E-state index in [9.17, 15) is 4.79 Å². The molecule has 0 saturated carbocycles. The van der Waals surface area contributed by atoms with Crippen molar-refractivity contribution in [3.05, 3.63) is 24.5 Å². The Morgan fingerprint density at radius 1 is 1.32 bits per heavy atom. The van der Waals surface area contributed by atoms with Gasteiger partial charge in [0.25, 0.3) is 0 Å². The molecule has 5 nitrogen and oxygen atoms in total. The van der Waals surface area contributed by atoms with Crippen molar-refractivity contribution < 1.29 is 4.79 Å². The van der Waals surface area contributed by atoms with Crippen LogP contribution in [0.3, 0.4) is 0 Å². The van der Waals surface area contributed by atoms with E-state index < -0.39 is 0 Å². The zero-order valence-electron chi connectivity index (χ0n) is 10.6. The van der Waals surface area contributed by atoms with Crippen LogP contribution in [0.2, 0.25) is 0 Å². The maximum atomic E-state index is 11.8. The van der Waals surface area contributed by atoms with E-state index in [0.29, 0.717) is 12.6 Å². The van der Waals surface area contributed by atoms with E-state index in [1.165, 1.54) is 0 Å². The Kier molecular flexibility index (Phi) is 8.67. The lowest BCUT2D eigenvalue weighted by atomic mass is 10.1. The van der Waals surface area contributed by atoms with Crippen LogP contribution in [-0.4, -0.2) is 41.5 Å². The highest BCUT2D eigenvalue weighted by molar-refractivity contribution is 5.92. The molecule has 108 valence electrons. The van der Waals surface area contributed by atoms with E-state index >= 15 is 0 Å². The van der Waals surface area contributed by atoms with Crippen LogP contribution in [0.5, 0.6) is 0 Å². The van der Waals surface area contributed by atoms with Crippen LogP contribution in [0.15, 0.2) is 24.5 Å². The molecule has 3 N–H and O–H groups in total. The number of nitrogens with two attached hydrogens (primary N) is 1. The molecule has 1 saturated heterocycles. The van der Waals surface area contributed by atoms with E-state index in [0.717, 1.165) is 31.6 Å². The van der Waals surface area contributed by atoms with Gasteiger partial charge in [0.2, 0.25) is 5.91 Å². The molecule has 7 heteroatoms. The number of pyridine rings is 1. The van der Waals surface area contributed by atoms with Gasteiger partial charge in [-0.15, -0.1) is 24.8 Å². The third-order valence-electron chi connectivity index (χ3n) is 2.96. The average Bonchev–Trinajstić information content (AvgIpc) is 2.33. The molecule has 1 aliphatic heterocycles. The third kappa shape index (κ3) is 6.20. The number of hydrogen-bond donors (Lipinski definition) is 2. The number of carbonyl (C=O) groups is 1. The number of aromatic nitrogens is 1. The maximum absolute atomic E-state index is 11.8. The van der Waals surface area contributed by atoms with Crippen molar-refractivity contribution in [3.63, 3.8) is 0 Å². The molecule has 0 radical (unpaired) electrons. The summed E-state index contributed by atoms with van der Waals surface area (Å²) in [6.45, 7) is 2.25. The summed E-state index contributed by atoms with van der Waals surface area (Å²) in [6.07, 6.45) is 5.27. The van der Waals surface area contributed by atoms with Gasteiger partial charge in [0.1, 0.15) is 0 Å². The van der Waals surface area contributed by atoms with Crippen LogP contribution in [0.25, 0.3) is 0 Å². The van der Waals surface area contributed by atoms with Gasteiger partial charge in [0.05, 0.1) is 6.54 Å². The van der Waals surface area contributed by atoms with Crippen LogP contribution in [-0.2, 0) is 4.79 Å². The second kappa shape index (κ2) is 9.09. The standard InChI is InChI=1S/C12H18N4O.2ClH/c13-10-3-7-16(8-4-10)9-12(17)15-11-1-5-14-6-2-11;;/h1-2,5-6,10H,3-4,7-9,13H2,(H,14,15,17);2*1H. The van der Waals surface area contributed by atoms with Crippen LogP contribution >= 0.6 is 24.8 Å². The number of nitrogens with zero attached hydrogens (tertiary/aromatic N) is 2. The molecule has 0 bridgehead atoms. The van der Waals surface area contributed by atoms with Crippen molar-refractivity contribution in [3.8, 4) is 0 Å². The van der Waals surface area contributed by atoms with Gasteiger partial charge in [-0.25, -0.2) is 0 Å². The second-order valence-corrected chi connectivity index (χ2v) is 4.40. The van der Waals surface area contributed by atoms with Gasteiger partial charge >= 0.3 is 0 Å². The van der Waals surface area contributed by atoms with E-state index in [2.05, 4.69) is 15.2 Å². The van der Waals surface area contributed by atoms with Crippen LogP contribution in [0.1, 0.15) is 12.8 Å². The lowest BCUT2D eigenvalue weighted by Crippen LogP contribution is -2.43. The van der Waals surface area contributed by atoms with Gasteiger partial charge in [-0.2, -0.15) is 0 Å². The molecule has 1 fully saturated rings. The number of hydrogen-bond acceptors (Lipinski definition) is 4. The Morgan fingerprint density at radius 2 is 1.89 bits per heavy atom. The molecule has 1 amide bonds. The van der Waals surface area contributed by atoms with Crippen molar-refractivity contribution in [2.45, 2.75) is 18.9 Å². The minimum atomic E-state index is 0. The molecule has 19 heavy (non-hydrogen) atoms. The normalized spacial score (nSPS) is 16.1. The molecule has 0 spiro atoms. The second-order valence-electron chi connectivity index (χ2n) is 4.40. The summed E-state index contributed by atoms with van der Waals surface area (Å²) in [6, 6.07) is 3.86. The lowest BCUT2D eigenvalue weighted by Gasteiger charge is -2.29. The molecule has 2 rings (SSSR count). The molecule has 0 aromatic carbocycles. The molecule has 1 aromatic rings. The Morgan fingerprint density at radius 3 is 2.47 bits per heavy atom. The Hall–Kier alpha value is -0.880. The van der Waals surface area contributed by atoms with Crippen LogP contribution in [0.4, 0.5) is 5.69 Å². The summed E-state index contributed by atoms with van der Waals surface area (Å²) in [4.78, 5) is 17.8. The van der Waals surface area contributed by atoms with Crippen LogP contribution < -0.4 is 11.1 Å². The van der Waals surface area contributed by atoms with Crippen molar-refractivity contribution in [1.82, 2.24) is 9.88 Å². The van der Waals surface area contributed by atoms with E-state index in [-0.39, 0.29) is 30.7 Å². The number of amides is 1. The summed E-state index contributed by atoms with van der Waals surface area (Å²) in [7, 11) is 0. The predicted octanol–water partition coefficient (Wildman–Crippen LogP) is 1.29. The SMILES string of the molecule is Cl.Cl.NC1CCN(CC(=O)Nc2ccncc2)CC1. The highest BCUT2D eigenvalue weighted by Gasteiger charge is 2.17. The van der Waals surface area contributed by atoms with E-state index in [1.54, 1.807) is 24.5 Å². The van der Waals surface area contributed by atoms with Gasteiger partial charge in [0, 0.05) is 37.2 Å². The molecule has 0 unspecified atom stereocenters. The largest absolute Gasteiger partial charge is 0.328 e. The fraction of sp³-hybridized carbons (Fsp3) is 0.500. The van der Waals surface area contributed by atoms with Gasteiger partial charge < -0.3 is 11.1 Å². The summed E-state index contributed by atoms with van der Waals surface area (Å²) in [5.74, 6) is 0.0201. The Bertz CT molecular complexity index is 369. The van der Waals surface area contributed by atoms with E-state index in [1.807, 2.05) is 0 Å². The number of anilines is 1. The molecular weight excluding hydrogens is 287 g/mol. The minimum Gasteiger partial charge on any atom is -0.328 e. The van der Waals surface area contributed by atoms with Crippen molar-refractivity contribution in [2.24, 2.45) is 5.73 Å². The van der Waals surface area contributed by atoms with Gasteiger partial charge in [0.15, 0.2) is 0 Å². The average molecular weight is 307 g/mol. The third-order valence-corrected chi connectivity index (χ3v) is 2.96. The quantitative estimate of drug-likeness (QED) is 0.882. The monoisotopic (exact) mass is 306 g/mol. The first-order chi connectivity index (χ1) is 8.24. The summed E-state index contributed by atoms with van der Waals surface area (Å²) in [5.41, 5.74) is 6.61. The van der Waals surface area contributed by atoms with Crippen molar-refractivity contribution in [1.29, 1.82) is 0 Å². The number of piperidine rings is 1. The smallest absolute Gasteiger partial charge is 0.238 e. The molecule has 0 aliphatic carbocycles. The number of likely N-dealkylation sites (tertiary alicyclic amines) is 1. The number of carbonyl (C=O) groups excluding carboxylic acids is 1. The minimum absolute atomic E-state index is 0. The summed E-state index contributed by atoms with van der Waals surface area (Å²) < 4.78 is 0. The molecule has 2 heterocycles. The lowest BCUT2D eigenvalue weighted by molar-refractivity contribution is -0.117. The van der Waals surface area contributed by atoms with Gasteiger partial charge in [-0.1, -0.05) is 0 Å². The highest BCUT2D eigenvalue weighted by Crippen LogP contribution is 2.08. The Labute approximate surface area is 125 Å². The van der Waals surface area contributed by atoms with Crippen LogP contribution in [0, 0.1) is 0 Å². The molecular formula is C12H20Cl2N4O. The topological polar surface area (TPSA) is 71.2 Å². The fourth-order valence-corrected chi connectivity index (χ4v) is 1.95. The zero-order chi connectivity index (χ0) is 12.1. The highest BCUT2D eigenvalue weighted by atomic mass is 35.5. The van der Waals surface area contributed by atoms with Crippen molar-refractivity contribution in [2.75, 3.05) is 25.0 Å². The van der Waals surface area contributed by atoms with Gasteiger partial charge in [-0.3, -0.25) is 14.7 Å². The first-order valence-electron chi connectivity index (χ1n) is 5.92. The zero-order valence-corrected chi connectivity index (χ0v) is 12.3. The number of nitrogens with one attached hydrogen (secondary N) is 1. The molecule has 1 aliphatic rings.